The molecule has 3 rings (SSSR count). The second-order valence-electron chi connectivity index (χ2n) is 5.23. The van der Waals surface area contributed by atoms with Crippen LogP contribution in [0.1, 0.15) is 24.2 Å². The van der Waals surface area contributed by atoms with Crippen LogP contribution >= 0.6 is 0 Å². The average Bonchev–Trinajstić information content (AvgIpc) is 2.68. The summed E-state index contributed by atoms with van der Waals surface area (Å²) in [6, 6.07) is 12.8. The summed E-state index contributed by atoms with van der Waals surface area (Å²) in [4.78, 5) is 2.05. The molecule has 0 saturated carbocycles. The molecule has 110 valence electrons. The molecule has 3 nitrogen and oxygen atoms in total. The summed E-state index contributed by atoms with van der Waals surface area (Å²) in [6.07, 6.45) is -0.847. The van der Waals surface area contributed by atoms with Gasteiger partial charge in [0, 0.05) is 23.4 Å². The van der Waals surface area contributed by atoms with Gasteiger partial charge in [-0.25, -0.2) is 4.39 Å². The van der Waals surface area contributed by atoms with Crippen molar-refractivity contribution in [2.75, 3.05) is 18.1 Å². The fourth-order valence-electron chi connectivity index (χ4n) is 2.75. The summed E-state index contributed by atoms with van der Waals surface area (Å²) in [5, 5.41) is 9.88. The summed E-state index contributed by atoms with van der Waals surface area (Å²) in [7, 11) is 0. The molecule has 1 heterocycles. The number of fused-ring (bicyclic) bond motifs is 1. The first-order valence-corrected chi connectivity index (χ1v) is 7.09. The minimum Gasteiger partial charge on any atom is -0.491 e. The fraction of sp³-hybridized carbons (Fsp3) is 0.294. The predicted octanol–water partition coefficient (Wildman–Crippen LogP) is 3.28. The third-order valence-corrected chi connectivity index (χ3v) is 3.74. The van der Waals surface area contributed by atoms with Crippen molar-refractivity contribution in [3.05, 3.63) is 59.4 Å². The Morgan fingerprint density at radius 2 is 2.00 bits per heavy atom. The lowest BCUT2D eigenvalue weighted by molar-refractivity contribution is 0.194. The van der Waals surface area contributed by atoms with Crippen molar-refractivity contribution in [1.82, 2.24) is 0 Å². The number of aliphatic hydroxyl groups is 1. The van der Waals surface area contributed by atoms with E-state index in [9.17, 15) is 9.50 Å². The molecule has 0 unspecified atom stereocenters. The number of benzene rings is 2. The SMILES string of the molecule is C[C@H](O)c1c(F)cccc1N1CCOc2ccccc2C1. The average molecular weight is 287 g/mol. The normalized spacial score (nSPS) is 15.9. The molecule has 0 aliphatic carbocycles. The summed E-state index contributed by atoms with van der Waals surface area (Å²) < 4.78 is 19.8. The van der Waals surface area contributed by atoms with E-state index in [1.807, 2.05) is 30.3 Å². The Kier molecular flexibility index (Phi) is 3.80. The molecule has 0 aromatic heterocycles. The zero-order valence-corrected chi connectivity index (χ0v) is 11.9. The largest absolute Gasteiger partial charge is 0.491 e. The van der Waals surface area contributed by atoms with Crippen LogP contribution in [0.25, 0.3) is 0 Å². The van der Waals surface area contributed by atoms with Gasteiger partial charge in [-0.15, -0.1) is 0 Å². The summed E-state index contributed by atoms with van der Waals surface area (Å²) >= 11 is 0. The topological polar surface area (TPSA) is 32.7 Å². The molecule has 2 aromatic rings. The standard InChI is InChI=1S/C17H18FNO2/c1-12(20)17-14(18)6-4-7-15(17)19-9-10-21-16-8-3-2-5-13(16)11-19/h2-8,12,20H,9-11H2,1H3/t12-/m0/s1. The summed E-state index contributed by atoms with van der Waals surface area (Å²) in [5.41, 5.74) is 2.14. The van der Waals surface area contributed by atoms with Crippen LogP contribution in [-0.4, -0.2) is 18.3 Å². The molecular weight excluding hydrogens is 269 g/mol. The van der Waals surface area contributed by atoms with Crippen molar-refractivity contribution >= 4 is 5.69 Å². The second kappa shape index (κ2) is 5.74. The molecule has 1 aliphatic heterocycles. The number of nitrogens with zero attached hydrogens (tertiary/aromatic N) is 1. The number of halogens is 1. The van der Waals surface area contributed by atoms with Crippen molar-refractivity contribution in [1.29, 1.82) is 0 Å². The summed E-state index contributed by atoms with van der Waals surface area (Å²) in [5.74, 6) is 0.496. The van der Waals surface area contributed by atoms with E-state index in [0.717, 1.165) is 17.0 Å². The number of anilines is 1. The number of hydrogen-bond acceptors (Lipinski definition) is 3. The molecule has 0 amide bonds. The van der Waals surface area contributed by atoms with Crippen LogP contribution in [0.3, 0.4) is 0 Å². The van der Waals surface area contributed by atoms with Gasteiger partial charge in [0.15, 0.2) is 0 Å². The zero-order valence-electron chi connectivity index (χ0n) is 11.9. The van der Waals surface area contributed by atoms with Crippen LogP contribution < -0.4 is 9.64 Å². The number of hydrogen-bond donors (Lipinski definition) is 1. The molecule has 21 heavy (non-hydrogen) atoms. The van der Waals surface area contributed by atoms with Crippen LogP contribution in [0, 0.1) is 5.82 Å². The Morgan fingerprint density at radius 3 is 2.81 bits per heavy atom. The minimum atomic E-state index is -0.847. The van der Waals surface area contributed by atoms with Crippen LogP contribution in [0.15, 0.2) is 42.5 Å². The van der Waals surface area contributed by atoms with Crippen molar-refractivity contribution in [2.24, 2.45) is 0 Å². The molecule has 1 N–H and O–H groups in total. The molecule has 0 spiro atoms. The molecule has 1 aliphatic rings. The quantitative estimate of drug-likeness (QED) is 0.920. The van der Waals surface area contributed by atoms with E-state index in [1.165, 1.54) is 6.07 Å². The van der Waals surface area contributed by atoms with Gasteiger partial charge < -0.3 is 14.7 Å². The van der Waals surface area contributed by atoms with E-state index in [0.29, 0.717) is 25.3 Å². The maximum atomic E-state index is 14.0. The lowest BCUT2D eigenvalue weighted by Crippen LogP contribution is -2.27. The van der Waals surface area contributed by atoms with E-state index >= 15 is 0 Å². The molecule has 0 saturated heterocycles. The third-order valence-electron chi connectivity index (χ3n) is 3.74. The minimum absolute atomic E-state index is 0.344. The monoisotopic (exact) mass is 287 g/mol. The van der Waals surface area contributed by atoms with Gasteiger partial charge in [0.2, 0.25) is 0 Å². The highest BCUT2D eigenvalue weighted by Gasteiger charge is 2.21. The lowest BCUT2D eigenvalue weighted by atomic mass is 10.1. The second-order valence-corrected chi connectivity index (χ2v) is 5.23. The molecule has 0 fully saturated rings. The Balaban J connectivity index is 2.00. The third kappa shape index (κ3) is 2.72. The first kappa shape index (κ1) is 13.9. The van der Waals surface area contributed by atoms with Crippen molar-refractivity contribution in [2.45, 2.75) is 19.6 Å². The molecule has 1 atom stereocenters. The fourth-order valence-corrected chi connectivity index (χ4v) is 2.75. The highest BCUT2D eigenvalue weighted by atomic mass is 19.1. The molecule has 4 heteroatoms. The van der Waals surface area contributed by atoms with Gasteiger partial charge in [-0.2, -0.15) is 0 Å². The number of aliphatic hydroxyl groups excluding tert-OH is 1. The van der Waals surface area contributed by atoms with Crippen molar-refractivity contribution in [3.8, 4) is 5.75 Å². The molecular formula is C17H18FNO2. The van der Waals surface area contributed by atoms with Gasteiger partial charge >= 0.3 is 0 Å². The lowest BCUT2D eigenvalue weighted by Gasteiger charge is -2.26. The Morgan fingerprint density at radius 1 is 1.19 bits per heavy atom. The Bertz CT molecular complexity index is 642. The first-order chi connectivity index (χ1) is 10.2. The Labute approximate surface area is 123 Å². The van der Waals surface area contributed by atoms with Crippen molar-refractivity contribution in [3.63, 3.8) is 0 Å². The number of para-hydroxylation sites is 1. The van der Waals surface area contributed by atoms with Gasteiger partial charge in [-0.05, 0) is 25.1 Å². The van der Waals surface area contributed by atoms with Gasteiger partial charge in [-0.3, -0.25) is 0 Å². The van der Waals surface area contributed by atoms with E-state index < -0.39 is 6.10 Å². The first-order valence-electron chi connectivity index (χ1n) is 7.09. The maximum absolute atomic E-state index is 14.0. The van der Waals surface area contributed by atoms with Crippen molar-refractivity contribution < 1.29 is 14.2 Å². The highest BCUT2D eigenvalue weighted by Crippen LogP contribution is 2.32. The van der Waals surface area contributed by atoms with E-state index in [1.54, 1.807) is 13.0 Å². The smallest absolute Gasteiger partial charge is 0.131 e. The van der Waals surface area contributed by atoms with Gasteiger partial charge in [0.05, 0.1) is 12.6 Å². The molecule has 0 radical (unpaired) electrons. The van der Waals surface area contributed by atoms with E-state index in [2.05, 4.69) is 4.90 Å². The van der Waals surface area contributed by atoms with E-state index in [-0.39, 0.29) is 5.82 Å². The summed E-state index contributed by atoms with van der Waals surface area (Å²) in [6.45, 7) is 3.41. The van der Waals surface area contributed by atoms with Crippen LogP contribution in [-0.2, 0) is 6.54 Å². The zero-order chi connectivity index (χ0) is 14.8. The molecule has 2 aromatic carbocycles. The Hall–Kier alpha value is -2.07. The maximum Gasteiger partial charge on any atom is 0.131 e. The van der Waals surface area contributed by atoms with Gasteiger partial charge in [0.25, 0.3) is 0 Å². The van der Waals surface area contributed by atoms with Crippen LogP contribution in [0.5, 0.6) is 5.75 Å². The molecule has 0 bridgehead atoms. The highest BCUT2D eigenvalue weighted by molar-refractivity contribution is 5.56. The van der Waals surface area contributed by atoms with E-state index in [4.69, 9.17) is 4.74 Å². The number of rotatable bonds is 2. The van der Waals surface area contributed by atoms with Gasteiger partial charge in [0.1, 0.15) is 18.2 Å². The van der Waals surface area contributed by atoms with Crippen LogP contribution in [0.2, 0.25) is 0 Å². The predicted molar refractivity (Wildman–Crippen MR) is 80.0 cm³/mol. The van der Waals surface area contributed by atoms with Gasteiger partial charge in [-0.1, -0.05) is 24.3 Å². The van der Waals surface area contributed by atoms with Crippen LogP contribution in [0.4, 0.5) is 10.1 Å². The number of ether oxygens (including phenoxy) is 1.